The fourth-order valence-corrected chi connectivity index (χ4v) is 2.71. The second-order valence-corrected chi connectivity index (χ2v) is 7.48. The van der Waals surface area contributed by atoms with Gasteiger partial charge < -0.3 is 4.74 Å². The van der Waals surface area contributed by atoms with Crippen LogP contribution in [0.4, 0.5) is 5.69 Å². The van der Waals surface area contributed by atoms with Gasteiger partial charge in [-0.25, -0.2) is 13.2 Å². The summed E-state index contributed by atoms with van der Waals surface area (Å²) in [4.78, 5) is 23.7. The molecule has 0 aliphatic heterocycles. The summed E-state index contributed by atoms with van der Waals surface area (Å²) >= 11 is 0. The average Bonchev–Trinajstić information content (AvgIpc) is 2.57. The molecule has 0 aliphatic carbocycles. The predicted molar refractivity (Wildman–Crippen MR) is 100 cm³/mol. The van der Waals surface area contributed by atoms with Gasteiger partial charge in [0.25, 0.3) is 0 Å². The van der Waals surface area contributed by atoms with Crippen molar-refractivity contribution in [2.75, 3.05) is 17.6 Å². The predicted octanol–water partition coefficient (Wildman–Crippen LogP) is 2.81. The van der Waals surface area contributed by atoms with Crippen molar-refractivity contribution in [1.82, 2.24) is 0 Å². The number of ketones is 1. The SMILES string of the molecule is Cc1cccc(/C=C/C(=O)OCC(=O)c2ccc(NS(C)(=O)=O)cc2)c1. The Morgan fingerprint density at radius 2 is 1.81 bits per heavy atom. The molecular weight excluding hydrogens is 354 g/mol. The second kappa shape index (κ2) is 8.44. The Balaban J connectivity index is 1.88. The van der Waals surface area contributed by atoms with Crippen molar-refractivity contribution in [1.29, 1.82) is 0 Å². The van der Waals surface area contributed by atoms with Gasteiger partial charge in [-0.3, -0.25) is 9.52 Å². The van der Waals surface area contributed by atoms with E-state index in [-0.39, 0.29) is 5.78 Å². The number of sulfonamides is 1. The fraction of sp³-hybridized carbons (Fsp3) is 0.158. The average molecular weight is 373 g/mol. The van der Waals surface area contributed by atoms with Crippen molar-refractivity contribution < 1.29 is 22.7 Å². The lowest BCUT2D eigenvalue weighted by atomic mass is 10.1. The molecule has 2 aromatic carbocycles. The van der Waals surface area contributed by atoms with Crippen LogP contribution in [0.25, 0.3) is 6.08 Å². The van der Waals surface area contributed by atoms with E-state index in [1.54, 1.807) is 6.08 Å². The molecular formula is C19H19NO5S. The zero-order valence-electron chi connectivity index (χ0n) is 14.4. The molecule has 0 amide bonds. The third-order valence-corrected chi connectivity index (χ3v) is 3.92. The number of rotatable bonds is 7. The first-order chi connectivity index (χ1) is 12.2. The number of hydrogen-bond acceptors (Lipinski definition) is 5. The van der Waals surface area contributed by atoms with E-state index in [1.807, 2.05) is 31.2 Å². The molecule has 2 aromatic rings. The van der Waals surface area contributed by atoms with Crippen molar-refractivity contribution in [2.24, 2.45) is 0 Å². The number of ether oxygens (including phenoxy) is 1. The van der Waals surface area contributed by atoms with Gasteiger partial charge in [-0.05, 0) is 42.8 Å². The Bertz CT molecular complexity index is 931. The minimum absolute atomic E-state index is 0.319. The van der Waals surface area contributed by atoms with Gasteiger partial charge >= 0.3 is 5.97 Å². The number of aryl methyl sites for hydroxylation is 1. The maximum atomic E-state index is 12.0. The van der Waals surface area contributed by atoms with Gasteiger partial charge in [0.05, 0.1) is 6.26 Å². The van der Waals surface area contributed by atoms with Gasteiger partial charge in [0.15, 0.2) is 12.4 Å². The number of esters is 1. The molecule has 1 N–H and O–H groups in total. The molecule has 2 rings (SSSR count). The summed E-state index contributed by atoms with van der Waals surface area (Å²) in [7, 11) is -3.38. The Labute approximate surface area is 152 Å². The Morgan fingerprint density at radius 3 is 2.42 bits per heavy atom. The van der Waals surface area contributed by atoms with Crippen LogP contribution < -0.4 is 4.72 Å². The van der Waals surface area contributed by atoms with Gasteiger partial charge in [0.2, 0.25) is 10.0 Å². The van der Waals surface area contributed by atoms with Crippen LogP contribution in [0.1, 0.15) is 21.5 Å². The highest BCUT2D eigenvalue weighted by molar-refractivity contribution is 7.92. The van der Waals surface area contributed by atoms with Crippen molar-refractivity contribution in [3.63, 3.8) is 0 Å². The maximum absolute atomic E-state index is 12.0. The van der Waals surface area contributed by atoms with Crippen LogP contribution in [-0.4, -0.2) is 33.0 Å². The molecule has 0 radical (unpaired) electrons. The molecule has 7 heteroatoms. The summed E-state index contributed by atoms with van der Waals surface area (Å²) in [5, 5.41) is 0. The van der Waals surface area contributed by atoms with Gasteiger partial charge in [-0.2, -0.15) is 0 Å². The number of carbonyl (C=O) groups excluding carboxylic acids is 2. The van der Waals surface area contributed by atoms with Crippen molar-refractivity contribution in [2.45, 2.75) is 6.92 Å². The smallest absolute Gasteiger partial charge is 0.331 e. The first kappa shape index (κ1) is 19.4. The lowest BCUT2D eigenvalue weighted by Gasteiger charge is -2.05. The maximum Gasteiger partial charge on any atom is 0.331 e. The summed E-state index contributed by atoms with van der Waals surface area (Å²) in [5.41, 5.74) is 2.60. The summed E-state index contributed by atoms with van der Waals surface area (Å²) in [5.74, 6) is -0.997. The van der Waals surface area contributed by atoms with Crippen LogP contribution >= 0.6 is 0 Å². The molecule has 0 aliphatic rings. The normalized spacial score (nSPS) is 11.3. The molecule has 0 fully saturated rings. The van der Waals surface area contributed by atoms with E-state index < -0.39 is 22.6 Å². The van der Waals surface area contributed by atoms with E-state index >= 15 is 0 Å². The van der Waals surface area contributed by atoms with Crippen LogP contribution in [0.2, 0.25) is 0 Å². The highest BCUT2D eigenvalue weighted by Crippen LogP contribution is 2.11. The minimum atomic E-state index is -3.38. The summed E-state index contributed by atoms with van der Waals surface area (Å²) < 4.78 is 29.5. The van der Waals surface area contributed by atoms with E-state index in [9.17, 15) is 18.0 Å². The molecule has 0 saturated carbocycles. The molecule has 0 atom stereocenters. The molecule has 0 bridgehead atoms. The third-order valence-electron chi connectivity index (χ3n) is 3.31. The molecule has 6 nitrogen and oxygen atoms in total. The second-order valence-electron chi connectivity index (χ2n) is 5.73. The van der Waals surface area contributed by atoms with E-state index in [1.165, 1.54) is 30.3 Å². The highest BCUT2D eigenvalue weighted by Gasteiger charge is 2.09. The van der Waals surface area contributed by atoms with Gasteiger partial charge in [-0.1, -0.05) is 29.8 Å². The molecule has 136 valence electrons. The highest BCUT2D eigenvalue weighted by atomic mass is 32.2. The molecule has 0 spiro atoms. The molecule has 0 heterocycles. The van der Waals surface area contributed by atoms with Crippen LogP contribution in [-0.2, 0) is 19.6 Å². The minimum Gasteiger partial charge on any atom is -0.454 e. The number of benzene rings is 2. The van der Waals surface area contributed by atoms with Gasteiger partial charge in [0, 0.05) is 17.3 Å². The lowest BCUT2D eigenvalue weighted by Crippen LogP contribution is -2.13. The number of anilines is 1. The zero-order chi connectivity index (χ0) is 19.2. The third kappa shape index (κ3) is 6.52. The van der Waals surface area contributed by atoms with E-state index in [2.05, 4.69) is 4.72 Å². The van der Waals surface area contributed by atoms with Crippen LogP contribution in [0.3, 0.4) is 0 Å². The fourth-order valence-electron chi connectivity index (χ4n) is 2.14. The summed E-state index contributed by atoms with van der Waals surface area (Å²) in [6, 6.07) is 13.5. The first-order valence-corrected chi connectivity index (χ1v) is 9.65. The van der Waals surface area contributed by atoms with Crippen molar-refractivity contribution >= 4 is 33.5 Å². The molecule has 26 heavy (non-hydrogen) atoms. The van der Waals surface area contributed by atoms with Crippen LogP contribution in [0.5, 0.6) is 0 Å². The zero-order valence-corrected chi connectivity index (χ0v) is 15.2. The Morgan fingerprint density at radius 1 is 1.12 bits per heavy atom. The van der Waals surface area contributed by atoms with E-state index in [4.69, 9.17) is 4.74 Å². The largest absolute Gasteiger partial charge is 0.454 e. The molecule has 0 saturated heterocycles. The first-order valence-electron chi connectivity index (χ1n) is 7.75. The van der Waals surface area contributed by atoms with E-state index in [0.29, 0.717) is 11.3 Å². The number of nitrogens with one attached hydrogen (secondary N) is 1. The number of hydrogen-bond donors (Lipinski definition) is 1. The van der Waals surface area contributed by atoms with Gasteiger partial charge in [0.1, 0.15) is 0 Å². The Hall–Kier alpha value is -2.93. The van der Waals surface area contributed by atoms with Crippen LogP contribution in [0.15, 0.2) is 54.6 Å². The standard InChI is InChI=1S/C19H19NO5S/c1-14-4-3-5-15(12-14)6-11-19(22)25-13-18(21)16-7-9-17(10-8-16)20-26(2,23)24/h3-12,20H,13H2,1-2H3/b11-6+. The monoisotopic (exact) mass is 373 g/mol. The topological polar surface area (TPSA) is 89.5 Å². The molecule has 0 unspecified atom stereocenters. The quantitative estimate of drug-likeness (QED) is 0.458. The van der Waals surface area contributed by atoms with Gasteiger partial charge in [-0.15, -0.1) is 0 Å². The Kier molecular flexibility index (Phi) is 6.30. The van der Waals surface area contributed by atoms with Crippen molar-refractivity contribution in [3.8, 4) is 0 Å². The van der Waals surface area contributed by atoms with Crippen LogP contribution in [0, 0.1) is 6.92 Å². The number of Topliss-reactive ketones (excluding diaryl/α,β-unsaturated/α-hetero) is 1. The summed E-state index contributed by atoms with van der Waals surface area (Å²) in [6.07, 6.45) is 3.92. The lowest BCUT2D eigenvalue weighted by molar-refractivity contribution is -0.136. The van der Waals surface area contributed by atoms with E-state index in [0.717, 1.165) is 17.4 Å². The summed E-state index contributed by atoms with van der Waals surface area (Å²) in [6.45, 7) is 1.56. The number of carbonyl (C=O) groups is 2. The molecule has 0 aromatic heterocycles. The van der Waals surface area contributed by atoms with Crippen molar-refractivity contribution in [3.05, 3.63) is 71.3 Å².